The lowest BCUT2D eigenvalue weighted by Gasteiger charge is -2.06. The smallest absolute Gasteiger partial charge is 0.310 e. The van der Waals surface area contributed by atoms with Crippen molar-refractivity contribution < 1.29 is 23.8 Å². The average molecular weight is 410 g/mol. The Bertz CT molecular complexity index is 1200. The van der Waals surface area contributed by atoms with Crippen LogP contribution in [0.3, 0.4) is 0 Å². The van der Waals surface area contributed by atoms with Gasteiger partial charge in [-0.3, -0.25) is 14.2 Å². The minimum absolute atomic E-state index is 0.0246. The van der Waals surface area contributed by atoms with Crippen molar-refractivity contribution in [2.75, 3.05) is 6.61 Å². The number of phenols is 1. The third-order valence-electron chi connectivity index (χ3n) is 4.68. The number of Topliss-reactive ketones (excluding diaryl/α,β-unsaturated/α-hetero) is 1. The summed E-state index contributed by atoms with van der Waals surface area (Å²) in [6, 6.07) is 6.46. The van der Waals surface area contributed by atoms with E-state index in [9.17, 15) is 14.7 Å². The van der Waals surface area contributed by atoms with Crippen molar-refractivity contribution >= 4 is 34.1 Å². The lowest BCUT2D eigenvalue weighted by atomic mass is 10.1. The molecule has 0 atom stereocenters. The second-order valence-corrected chi connectivity index (χ2v) is 7.51. The van der Waals surface area contributed by atoms with Crippen molar-refractivity contribution in [3.05, 3.63) is 64.6 Å². The molecule has 4 aromatic rings. The number of benzene rings is 1. The molecule has 3 heterocycles. The number of carbonyl (C=O) groups is 2. The molecule has 3 aromatic heterocycles. The molecule has 7 nitrogen and oxygen atoms in total. The van der Waals surface area contributed by atoms with Crippen LogP contribution in [0.1, 0.15) is 27.3 Å². The Kier molecular flexibility index (Phi) is 4.94. The fraction of sp³-hybridized carbons (Fsp3) is 0.190. The van der Waals surface area contributed by atoms with E-state index in [1.54, 1.807) is 18.3 Å². The van der Waals surface area contributed by atoms with Gasteiger partial charge in [0.1, 0.15) is 11.3 Å². The number of hydrogen-bond donors (Lipinski definition) is 1. The van der Waals surface area contributed by atoms with Crippen LogP contribution in [0.2, 0.25) is 0 Å². The quantitative estimate of drug-likeness (QED) is 0.382. The lowest BCUT2D eigenvalue weighted by molar-refractivity contribution is -0.141. The second-order valence-electron chi connectivity index (χ2n) is 6.64. The summed E-state index contributed by atoms with van der Waals surface area (Å²) in [6.07, 6.45) is 3.14. The first-order chi connectivity index (χ1) is 13.9. The molecule has 0 aliphatic heterocycles. The van der Waals surface area contributed by atoms with E-state index in [4.69, 9.17) is 9.15 Å². The van der Waals surface area contributed by atoms with E-state index in [1.165, 1.54) is 29.7 Å². The molecule has 0 amide bonds. The van der Waals surface area contributed by atoms with Gasteiger partial charge in [-0.1, -0.05) is 0 Å². The van der Waals surface area contributed by atoms with E-state index in [2.05, 4.69) is 4.98 Å². The number of hydrogen-bond acceptors (Lipinski definition) is 7. The van der Waals surface area contributed by atoms with E-state index >= 15 is 0 Å². The SMILES string of the molecule is Cc1cc(C(=O)COC(=O)Cc2coc3cc(O)ccc23)c(C)n1-c1nccs1. The van der Waals surface area contributed by atoms with Gasteiger partial charge in [0.15, 0.2) is 11.7 Å². The van der Waals surface area contributed by atoms with Crippen LogP contribution < -0.4 is 0 Å². The third-order valence-corrected chi connectivity index (χ3v) is 5.44. The number of ketones is 1. The fourth-order valence-corrected chi connectivity index (χ4v) is 4.06. The zero-order valence-corrected chi connectivity index (χ0v) is 16.7. The Hall–Kier alpha value is -3.39. The molecule has 0 radical (unpaired) electrons. The van der Waals surface area contributed by atoms with Crippen molar-refractivity contribution in [2.45, 2.75) is 20.3 Å². The number of aromatic hydroxyl groups is 1. The Balaban J connectivity index is 1.43. The number of nitrogens with zero attached hydrogens (tertiary/aromatic N) is 2. The highest BCUT2D eigenvalue weighted by Gasteiger charge is 2.19. The van der Waals surface area contributed by atoms with Crippen LogP contribution in [0.15, 0.2) is 46.5 Å². The summed E-state index contributed by atoms with van der Waals surface area (Å²) < 4.78 is 12.5. The molecule has 0 fully saturated rings. The van der Waals surface area contributed by atoms with Crippen LogP contribution >= 0.6 is 11.3 Å². The second kappa shape index (κ2) is 7.56. The number of ether oxygens (including phenoxy) is 1. The molecule has 0 aliphatic rings. The maximum absolute atomic E-state index is 12.6. The van der Waals surface area contributed by atoms with Gasteiger partial charge < -0.3 is 14.3 Å². The fourth-order valence-electron chi connectivity index (χ4n) is 3.30. The summed E-state index contributed by atoms with van der Waals surface area (Å²) in [5, 5.41) is 12.9. The van der Waals surface area contributed by atoms with Gasteiger partial charge in [0.05, 0.1) is 12.7 Å². The topological polar surface area (TPSA) is 94.6 Å². The summed E-state index contributed by atoms with van der Waals surface area (Å²) in [5.41, 5.74) is 3.28. The number of phenolic OH excluding ortho intramolecular Hbond substituents is 1. The minimum Gasteiger partial charge on any atom is -0.508 e. The van der Waals surface area contributed by atoms with Gasteiger partial charge in [0.2, 0.25) is 5.78 Å². The number of rotatable bonds is 6. The predicted molar refractivity (Wildman–Crippen MR) is 108 cm³/mol. The predicted octanol–water partition coefficient (Wildman–Crippen LogP) is 3.97. The maximum atomic E-state index is 12.6. The summed E-state index contributed by atoms with van der Waals surface area (Å²) in [4.78, 5) is 29.1. The van der Waals surface area contributed by atoms with Crippen LogP contribution in [0, 0.1) is 13.8 Å². The first-order valence-electron chi connectivity index (χ1n) is 8.90. The Morgan fingerprint density at radius 2 is 2.10 bits per heavy atom. The summed E-state index contributed by atoms with van der Waals surface area (Å²) in [7, 11) is 0. The highest BCUT2D eigenvalue weighted by atomic mass is 32.1. The molecule has 1 N–H and O–H groups in total. The van der Waals surface area contributed by atoms with Crippen molar-refractivity contribution in [1.29, 1.82) is 0 Å². The molecule has 0 aliphatic carbocycles. The Labute approximate surface area is 170 Å². The molecule has 0 saturated carbocycles. The summed E-state index contributed by atoms with van der Waals surface area (Å²) in [5.74, 6) is -0.707. The molecule has 0 spiro atoms. The van der Waals surface area contributed by atoms with Gasteiger partial charge >= 0.3 is 5.97 Å². The molecule has 148 valence electrons. The van der Waals surface area contributed by atoms with Gasteiger partial charge in [-0.25, -0.2) is 4.98 Å². The first-order valence-corrected chi connectivity index (χ1v) is 9.78. The van der Waals surface area contributed by atoms with Crippen molar-refractivity contribution in [2.24, 2.45) is 0 Å². The molecule has 29 heavy (non-hydrogen) atoms. The number of esters is 1. The zero-order chi connectivity index (χ0) is 20.5. The molecule has 4 rings (SSSR count). The number of furan rings is 1. The molecule has 0 bridgehead atoms. The summed E-state index contributed by atoms with van der Waals surface area (Å²) >= 11 is 1.48. The molecule has 0 saturated heterocycles. The van der Waals surface area contributed by atoms with Crippen molar-refractivity contribution in [3.8, 4) is 10.9 Å². The Morgan fingerprint density at radius 1 is 1.28 bits per heavy atom. The van der Waals surface area contributed by atoms with E-state index in [1.807, 2.05) is 23.8 Å². The monoisotopic (exact) mass is 410 g/mol. The highest BCUT2D eigenvalue weighted by molar-refractivity contribution is 7.12. The van der Waals surface area contributed by atoms with Crippen LogP contribution in [-0.4, -0.2) is 33.0 Å². The minimum atomic E-state index is -0.525. The normalized spacial score (nSPS) is 11.1. The third kappa shape index (κ3) is 3.66. The Morgan fingerprint density at radius 3 is 2.86 bits per heavy atom. The lowest BCUT2D eigenvalue weighted by Crippen LogP contribution is -2.16. The van der Waals surface area contributed by atoms with E-state index in [0.717, 1.165) is 21.9 Å². The molecular formula is C21H18N2O5S. The van der Waals surface area contributed by atoms with Gasteiger partial charge in [-0.15, -0.1) is 11.3 Å². The molecule has 1 aromatic carbocycles. The van der Waals surface area contributed by atoms with Gasteiger partial charge in [0, 0.05) is 45.5 Å². The average Bonchev–Trinajstić information content (AvgIpc) is 3.40. The van der Waals surface area contributed by atoms with Crippen LogP contribution in [0.5, 0.6) is 5.75 Å². The van der Waals surface area contributed by atoms with Crippen LogP contribution in [0.25, 0.3) is 16.1 Å². The zero-order valence-electron chi connectivity index (χ0n) is 15.8. The molecular weight excluding hydrogens is 392 g/mol. The van der Waals surface area contributed by atoms with Gasteiger partial charge in [-0.2, -0.15) is 0 Å². The highest BCUT2D eigenvalue weighted by Crippen LogP contribution is 2.26. The summed E-state index contributed by atoms with van der Waals surface area (Å²) in [6.45, 7) is 3.41. The van der Waals surface area contributed by atoms with Gasteiger partial charge in [0.25, 0.3) is 0 Å². The number of fused-ring (bicyclic) bond motifs is 1. The molecule has 0 unspecified atom stereocenters. The largest absolute Gasteiger partial charge is 0.508 e. The van der Waals surface area contributed by atoms with E-state index in [-0.39, 0.29) is 24.6 Å². The van der Waals surface area contributed by atoms with Crippen LogP contribution in [-0.2, 0) is 16.0 Å². The van der Waals surface area contributed by atoms with Crippen molar-refractivity contribution in [1.82, 2.24) is 9.55 Å². The standard InChI is InChI=1S/C21H18N2O5S/c1-12-7-17(13(2)23(12)21-22-5-6-29-21)18(25)11-28-20(26)8-14-10-27-19-9-15(24)3-4-16(14)19/h3-7,9-10,24H,8,11H2,1-2H3. The van der Waals surface area contributed by atoms with Gasteiger partial charge in [-0.05, 0) is 32.0 Å². The maximum Gasteiger partial charge on any atom is 0.310 e. The first kappa shape index (κ1) is 18.9. The van der Waals surface area contributed by atoms with Crippen molar-refractivity contribution in [3.63, 3.8) is 0 Å². The van der Waals surface area contributed by atoms with E-state index < -0.39 is 5.97 Å². The number of aromatic nitrogens is 2. The number of aryl methyl sites for hydroxylation is 1. The van der Waals surface area contributed by atoms with E-state index in [0.29, 0.717) is 16.7 Å². The van der Waals surface area contributed by atoms with Crippen LogP contribution in [0.4, 0.5) is 0 Å². The molecule has 8 heteroatoms. The number of carbonyl (C=O) groups excluding carboxylic acids is 2. The number of thiazole rings is 1.